The molecule has 1 aromatic heterocycles. The molecule has 0 radical (unpaired) electrons. The van der Waals surface area contributed by atoms with E-state index in [2.05, 4.69) is 10.3 Å². The zero-order chi connectivity index (χ0) is 19.9. The Bertz CT molecular complexity index is 927. The smallest absolute Gasteiger partial charge is 0.250 e. The van der Waals surface area contributed by atoms with Gasteiger partial charge in [0.25, 0.3) is 0 Å². The van der Waals surface area contributed by atoms with E-state index in [0.717, 1.165) is 12.0 Å². The van der Waals surface area contributed by atoms with Gasteiger partial charge in [-0.15, -0.1) is 0 Å². The predicted molar refractivity (Wildman–Crippen MR) is 106 cm³/mol. The van der Waals surface area contributed by atoms with Gasteiger partial charge in [0, 0.05) is 29.4 Å². The third kappa shape index (κ3) is 5.28. The Kier molecular flexibility index (Phi) is 6.57. The number of carbonyl (C=O) groups excluding carboxylic acids is 1. The van der Waals surface area contributed by atoms with Crippen molar-refractivity contribution < 1.29 is 13.9 Å². The molecule has 0 saturated heterocycles. The molecule has 0 atom stereocenters. The lowest BCUT2D eigenvalue weighted by atomic mass is 10.1. The van der Waals surface area contributed by atoms with Crippen LogP contribution in [-0.2, 0) is 13.0 Å². The van der Waals surface area contributed by atoms with Crippen molar-refractivity contribution in [2.45, 2.75) is 13.0 Å². The average molecular weight is 400 g/mol. The molecule has 0 aliphatic carbocycles. The van der Waals surface area contributed by atoms with Crippen LogP contribution in [0.15, 0.2) is 60.8 Å². The van der Waals surface area contributed by atoms with Gasteiger partial charge in [0.1, 0.15) is 11.6 Å². The fourth-order valence-corrected chi connectivity index (χ4v) is 2.81. The Hall–Kier alpha value is -2.96. The van der Waals surface area contributed by atoms with E-state index in [1.54, 1.807) is 24.3 Å². The number of benzene rings is 2. The fraction of sp³-hybridized carbons (Fsp3) is 0.143. The highest BCUT2D eigenvalue weighted by Gasteiger charge is 2.06. The summed E-state index contributed by atoms with van der Waals surface area (Å²) in [5.41, 5.74) is 7.09. The second-order valence-corrected chi connectivity index (χ2v) is 6.53. The van der Waals surface area contributed by atoms with E-state index in [-0.39, 0.29) is 5.82 Å². The van der Waals surface area contributed by atoms with E-state index < -0.39 is 5.91 Å². The number of nitrogens with two attached hydrogens (primary N) is 1. The summed E-state index contributed by atoms with van der Waals surface area (Å²) in [6.45, 7) is 1.06. The molecule has 28 heavy (non-hydrogen) atoms. The van der Waals surface area contributed by atoms with Crippen LogP contribution in [0.2, 0.25) is 5.02 Å². The number of nitrogens with one attached hydrogen (secondary N) is 1. The van der Waals surface area contributed by atoms with Crippen LogP contribution in [0.3, 0.4) is 0 Å². The van der Waals surface area contributed by atoms with Gasteiger partial charge in [0.2, 0.25) is 11.8 Å². The third-order valence-corrected chi connectivity index (χ3v) is 4.47. The van der Waals surface area contributed by atoms with Gasteiger partial charge in [-0.3, -0.25) is 4.79 Å². The second kappa shape index (κ2) is 9.30. The number of ether oxygens (including phenoxy) is 1. The van der Waals surface area contributed by atoms with Crippen molar-refractivity contribution in [1.82, 2.24) is 10.3 Å². The van der Waals surface area contributed by atoms with Crippen molar-refractivity contribution in [2.75, 3.05) is 6.54 Å². The van der Waals surface area contributed by atoms with E-state index in [0.29, 0.717) is 40.9 Å². The first kappa shape index (κ1) is 19.8. The summed E-state index contributed by atoms with van der Waals surface area (Å²) in [6.07, 6.45) is 2.15. The van der Waals surface area contributed by atoms with Crippen molar-refractivity contribution in [3.8, 4) is 11.6 Å². The highest BCUT2D eigenvalue weighted by Crippen LogP contribution is 2.20. The van der Waals surface area contributed by atoms with Gasteiger partial charge in [-0.25, -0.2) is 9.37 Å². The fourth-order valence-electron chi connectivity index (χ4n) is 2.58. The van der Waals surface area contributed by atoms with Crippen LogP contribution < -0.4 is 15.8 Å². The zero-order valence-corrected chi connectivity index (χ0v) is 15.7. The number of hydrogen-bond donors (Lipinski definition) is 2. The summed E-state index contributed by atoms with van der Waals surface area (Å²) in [5, 5.41) is 3.62. The van der Waals surface area contributed by atoms with Crippen molar-refractivity contribution in [1.29, 1.82) is 0 Å². The minimum atomic E-state index is -0.533. The van der Waals surface area contributed by atoms with Crippen molar-refractivity contribution in [2.24, 2.45) is 5.73 Å². The zero-order valence-electron chi connectivity index (χ0n) is 15.0. The second-order valence-electron chi connectivity index (χ2n) is 6.12. The van der Waals surface area contributed by atoms with Gasteiger partial charge >= 0.3 is 0 Å². The van der Waals surface area contributed by atoms with Crippen LogP contribution in [0.5, 0.6) is 11.6 Å². The number of nitrogens with zero attached hydrogens (tertiary/aromatic N) is 1. The maximum Gasteiger partial charge on any atom is 0.250 e. The van der Waals surface area contributed by atoms with E-state index in [9.17, 15) is 9.18 Å². The average Bonchev–Trinajstić information content (AvgIpc) is 2.69. The molecular weight excluding hydrogens is 381 g/mol. The van der Waals surface area contributed by atoms with Crippen LogP contribution in [-0.4, -0.2) is 17.4 Å². The topological polar surface area (TPSA) is 77.2 Å². The minimum Gasteiger partial charge on any atom is -0.439 e. The SMILES string of the molecule is NC(=O)c1ccc(Oc2ccc(CCNCc3c(F)cccc3Cl)cc2)nc1. The van der Waals surface area contributed by atoms with Crippen LogP contribution in [0.1, 0.15) is 21.5 Å². The summed E-state index contributed by atoms with van der Waals surface area (Å²) in [4.78, 5) is 15.1. The lowest BCUT2D eigenvalue weighted by Gasteiger charge is -2.09. The summed E-state index contributed by atoms with van der Waals surface area (Å²) in [5.74, 6) is 0.170. The first-order valence-electron chi connectivity index (χ1n) is 8.69. The Balaban J connectivity index is 1.48. The number of carbonyl (C=O) groups is 1. The quantitative estimate of drug-likeness (QED) is 0.559. The molecule has 2 aromatic carbocycles. The monoisotopic (exact) mass is 399 g/mol. The normalized spacial score (nSPS) is 10.6. The molecule has 7 heteroatoms. The standard InChI is InChI=1S/C21H19ClFN3O2/c22-18-2-1-3-19(23)17(18)13-25-11-10-14-4-7-16(8-5-14)28-20-9-6-15(12-26-20)21(24)27/h1-9,12,25H,10-11,13H2,(H2,24,27). The molecule has 3 N–H and O–H groups in total. The number of primary amides is 1. The number of pyridine rings is 1. The molecule has 0 unspecified atom stereocenters. The number of amides is 1. The number of rotatable bonds is 8. The molecule has 5 nitrogen and oxygen atoms in total. The Labute approximate surface area is 167 Å². The molecule has 3 rings (SSSR count). The van der Waals surface area contributed by atoms with Crippen molar-refractivity contribution in [3.63, 3.8) is 0 Å². The van der Waals surface area contributed by atoms with Gasteiger partial charge in [-0.1, -0.05) is 29.8 Å². The maximum atomic E-state index is 13.7. The first-order chi connectivity index (χ1) is 13.5. The maximum absolute atomic E-state index is 13.7. The number of aromatic nitrogens is 1. The Morgan fingerprint density at radius 3 is 2.57 bits per heavy atom. The number of hydrogen-bond acceptors (Lipinski definition) is 4. The largest absolute Gasteiger partial charge is 0.439 e. The van der Waals surface area contributed by atoms with Crippen LogP contribution >= 0.6 is 11.6 Å². The van der Waals surface area contributed by atoms with Crippen molar-refractivity contribution in [3.05, 3.63) is 88.3 Å². The molecule has 0 aliphatic rings. The molecule has 0 spiro atoms. The van der Waals surface area contributed by atoms with E-state index >= 15 is 0 Å². The summed E-state index contributed by atoms with van der Waals surface area (Å²) in [6, 6.07) is 15.4. The van der Waals surface area contributed by atoms with E-state index in [1.165, 1.54) is 12.3 Å². The van der Waals surface area contributed by atoms with Crippen molar-refractivity contribution >= 4 is 17.5 Å². The molecule has 1 heterocycles. The van der Waals surface area contributed by atoms with Gasteiger partial charge in [-0.05, 0) is 48.9 Å². The lowest BCUT2D eigenvalue weighted by molar-refractivity contribution is 0.1000. The van der Waals surface area contributed by atoms with Gasteiger partial charge in [0.05, 0.1) is 5.56 Å². The Morgan fingerprint density at radius 2 is 1.93 bits per heavy atom. The summed E-state index contributed by atoms with van der Waals surface area (Å²) < 4.78 is 19.4. The lowest BCUT2D eigenvalue weighted by Crippen LogP contribution is -2.17. The first-order valence-corrected chi connectivity index (χ1v) is 9.07. The van der Waals surface area contributed by atoms with Crippen LogP contribution in [0.4, 0.5) is 4.39 Å². The minimum absolute atomic E-state index is 0.307. The summed E-state index contributed by atoms with van der Waals surface area (Å²) in [7, 11) is 0. The van der Waals surface area contributed by atoms with Gasteiger partial charge < -0.3 is 15.8 Å². The van der Waals surface area contributed by atoms with E-state index in [1.807, 2.05) is 24.3 Å². The molecule has 144 valence electrons. The molecule has 0 fully saturated rings. The third-order valence-electron chi connectivity index (χ3n) is 4.12. The molecule has 0 saturated carbocycles. The highest BCUT2D eigenvalue weighted by molar-refractivity contribution is 6.31. The van der Waals surface area contributed by atoms with Crippen LogP contribution in [0, 0.1) is 5.82 Å². The molecular formula is C21H19ClFN3O2. The van der Waals surface area contributed by atoms with Gasteiger partial charge in [0.15, 0.2) is 0 Å². The van der Waals surface area contributed by atoms with Crippen LogP contribution in [0.25, 0.3) is 0 Å². The van der Waals surface area contributed by atoms with Gasteiger partial charge in [-0.2, -0.15) is 0 Å². The highest BCUT2D eigenvalue weighted by atomic mass is 35.5. The number of halogens is 2. The predicted octanol–water partition coefficient (Wildman–Crippen LogP) is 4.10. The Morgan fingerprint density at radius 1 is 1.14 bits per heavy atom. The van der Waals surface area contributed by atoms with E-state index in [4.69, 9.17) is 22.1 Å². The summed E-state index contributed by atoms with van der Waals surface area (Å²) >= 11 is 6.01. The molecule has 1 amide bonds. The molecule has 0 bridgehead atoms. The molecule has 0 aliphatic heterocycles. The molecule has 3 aromatic rings.